The highest BCUT2D eigenvalue weighted by Gasteiger charge is 2.25. The second kappa shape index (κ2) is 8.24. The monoisotopic (exact) mass is 362 g/mol. The summed E-state index contributed by atoms with van der Waals surface area (Å²) < 4.78 is 0. The second-order valence-corrected chi connectivity index (χ2v) is 7.15. The van der Waals surface area contributed by atoms with Crippen molar-refractivity contribution in [3.63, 3.8) is 0 Å². The van der Waals surface area contributed by atoms with Gasteiger partial charge in [-0.05, 0) is 52.0 Å². The number of pyridine rings is 1. The fourth-order valence-electron chi connectivity index (χ4n) is 3.32. The molecule has 0 radical (unpaired) electrons. The van der Waals surface area contributed by atoms with Crippen molar-refractivity contribution in [1.29, 1.82) is 0 Å². The number of fused-ring (bicyclic) bond motifs is 2. The van der Waals surface area contributed by atoms with E-state index in [9.17, 15) is 4.79 Å². The molecule has 0 aliphatic carbocycles. The number of carbonyl (C=O) groups is 1. The van der Waals surface area contributed by atoms with Crippen molar-refractivity contribution >= 4 is 23.1 Å². The molecular weight excluding hydrogens is 336 g/mol. The van der Waals surface area contributed by atoms with Gasteiger partial charge in [0.1, 0.15) is 0 Å². The largest absolute Gasteiger partial charge is 0.319 e. The molecule has 1 N–H and O–H groups in total. The molecule has 0 unspecified atom stereocenters. The van der Waals surface area contributed by atoms with Crippen LogP contribution in [0.25, 0.3) is 0 Å². The first-order valence-corrected chi connectivity index (χ1v) is 9.33. The standard InChI is InChI=1S/C22H26N4O/c1-16(2)25(17(3)4)14-7-8-15-26-20-12-6-5-10-18(20)22(27)24-19-11-9-13-23-21(19)26/h5-6,9-13,16-17H,14-15H2,1-4H3,(H,24,27). The fraction of sp³-hybridized carbons (Fsp3) is 0.364. The van der Waals surface area contributed by atoms with Gasteiger partial charge in [0, 0.05) is 18.3 Å². The number of nitrogens with one attached hydrogen (secondary N) is 1. The lowest BCUT2D eigenvalue weighted by Gasteiger charge is -2.28. The van der Waals surface area contributed by atoms with Gasteiger partial charge in [0.25, 0.3) is 5.91 Å². The number of para-hydroxylation sites is 1. The smallest absolute Gasteiger partial charge is 0.257 e. The Bertz CT molecular complexity index is 871. The number of hydrogen-bond donors (Lipinski definition) is 1. The first-order valence-electron chi connectivity index (χ1n) is 9.33. The van der Waals surface area contributed by atoms with Crippen LogP contribution in [0.5, 0.6) is 0 Å². The number of nitrogens with zero attached hydrogens (tertiary/aromatic N) is 3. The first kappa shape index (κ1) is 18.9. The van der Waals surface area contributed by atoms with E-state index in [4.69, 9.17) is 0 Å². The quantitative estimate of drug-likeness (QED) is 0.838. The molecule has 5 nitrogen and oxygen atoms in total. The lowest BCUT2D eigenvalue weighted by molar-refractivity contribution is 0.102. The maximum absolute atomic E-state index is 12.6. The Morgan fingerprint density at radius 3 is 2.56 bits per heavy atom. The zero-order chi connectivity index (χ0) is 19.4. The predicted molar refractivity (Wildman–Crippen MR) is 110 cm³/mol. The van der Waals surface area contributed by atoms with E-state index in [1.807, 2.05) is 41.3 Å². The number of benzene rings is 1. The molecule has 0 spiro atoms. The summed E-state index contributed by atoms with van der Waals surface area (Å²) in [6.07, 6.45) is 1.73. The van der Waals surface area contributed by atoms with Crippen LogP contribution in [0.3, 0.4) is 0 Å². The minimum absolute atomic E-state index is 0.124. The summed E-state index contributed by atoms with van der Waals surface area (Å²) in [5, 5.41) is 2.95. The van der Waals surface area contributed by atoms with Gasteiger partial charge < -0.3 is 10.2 Å². The van der Waals surface area contributed by atoms with Crippen LogP contribution in [0, 0.1) is 11.8 Å². The molecule has 0 atom stereocenters. The van der Waals surface area contributed by atoms with Crippen molar-refractivity contribution in [2.24, 2.45) is 0 Å². The summed E-state index contributed by atoms with van der Waals surface area (Å²) in [7, 11) is 0. The van der Waals surface area contributed by atoms with E-state index in [0.29, 0.717) is 29.9 Å². The summed E-state index contributed by atoms with van der Waals surface area (Å²) in [6.45, 7) is 9.93. The second-order valence-electron chi connectivity index (χ2n) is 7.15. The van der Waals surface area contributed by atoms with Gasteiger partial charge in [0.15, 0.2) is 5.82 Å². The van der Waals surface area contributed by atoms with Crippen LogP contribution in [-0.2, 0) is 0 Å². The summed E-state index contributed by atoms with van der Waals surface area (Å²) in [5.41, 5.74) is 2.15. The summed E-state index contributed by atoms with van der Waals surface area (Å²) in [5.74, 6) is 7.16. The third-order valence-corrected chi connectivity index (χ3v) is 4.68. The Morgan fingerprint density at radius 2 is 1.81 bits per heavy atom. The summed E-state index contributed by atoms with van der Waals surface area (Å²) in [6, 6.07) is 12.2. The topological polar surface area (TPSA) is 48.5 Å². The molecular formula is C22H26N4O. The van der Waals surface area contributed by atoms with Gasteiger partial charge in [-0.3, -0.25) is 9.69 Å². The number of amides is 1. The molecule has 140 valence electrons. The number of carbonyl (C=O) groups excluding carboxylic acids is 1. The Morgan fingerprint density at radius 1 is 1.07 bits per heavy atom. The predicted octanol–water partition coefficient (Wildman–Crippen LogP) is 3.91. The van der Waals surface area contributed by atoms with Crippen LogP contribution >= 0.6 is 0 Å². The van der Waals surface area contributed by atoms with E-state index in [0.717, 1.165) is 18.1 Å². The molecule has 0 bridgehead atoms. The lowest BCUT2D eigenvalue weighted by atomic mass is 10.1. The fourth-order valence-corrected chi connectivity index (χ4v) is 3.32. The molecule has 1 aliphatic heterocycles. The summed E-state index contributed by atoms with van der Waals surface area (Å²) >= 11 is 0. The molecule has 5 heteroatoms. The Balaban J connectivity index is 1.90. The Labute approximate surface area is 161 Å². The highest BCUT2D eigenvalue weighted by Crippen LogP contribution is 2.35. The third kappa shape index (κ3) is 4.12. The SMILES string of the molecule is CC(C)N(CC#CCN1c2ccccc2C(=O)Nc2cccnc21)C(C)C. The van der Waals surface area contributed by atoms with Crippen LogP contribution in [0.1, 0.15) is 38.1 Å². The third-order valence-electron chi connectivity index (χ3n) is 4.68. The zero-order valence-corrected chi connectivity index (χ0v) is 16.4. The first-order chi connectivity index (χ1) is 13.0. The average Bonchev–Trinajstić information content (AvgIpc) is 2.76. The van der Waals surface area contributed by atoms with Crippen molar-refractivity contribution in [3.8, 4) is 11.8 Å². The van der Waals surface area contributed by atoms with Crippen molar-refractivity contribution in [3.05, 3.63) is 48.2 Å². The van der Waals surface area contributed by atoms with E-state index in [2.05, 4.69) is 54.7 Å². The van der Waals surface area contributed by atoms with Crippen LogP contribution < -0.4 is 10.2 Å². The van der Waals surface area contributed by atoms with Crippen LogP contribution in [0.15, 0.2) is 42.6 Å². The van der Waals surface area contributed by atoms with Gasteiger partial charge in [0.2, 0.25) is 0 Å². The van der Waals surface area contributed by atoms with Crippen LogP contribution in [0.4, 0.5) is 17.2 Å². The molecule has 0 saturated heterocycles. The average molecular weight is 362 g/mol. The van der Waals surface area contributed by atoms with Crippen molar-refractivity contribution < 1.29 is 4.79 Å². The van der Waals surface area contributed by atoms with Gasteiger partial charge in [-0.15, -0.1) is 0 Å². The summed E-state index contributed by atoms with van der Waals surface area (Å²) in [4.78, 5) is 21.4. The van der Waals surface area contributed by atoms with E-state index >= 15 is 0 Å². The van der Waals surface area contributed by atoms with E-state index in [1.165, 1.54) is 0 Å². The highest BCUT2D eigenvalue weighted by molar-refractivity contribution is 6.12. The molecule has 1 amide bonds. The molecule has 1 aromatic carbocycles. The molecule has 1 aromatic heterocycles. The Hall–Kier alpha value is -2.84. The molecule has 2 aromatic rings. The normalized spacial score (nSPS) is 13.0. The molecule has 0 saturated carbocycles. The molecule has 3 rings (SSSR count). The van der Waals surface area contributed by atoms with Crippen LogP contribution in [-0.4, -0.2) is 41.0 Å². The number of anilines is 3. The molecule has 0 fully saturated rings. The molecule has 27 heavy (non-hydrogen) atoms. The maximum Gasteiger partial charge on any atom is 0.257 e. The minimum atomic E-state index is -0.124. The highest BCUT2D eigenvalue weighted by atomic mass is 16.1. The van der Waals surface area contributed by atoms with Gasteiger partial charge >= 0.3 is 0 Å². The van der Waals surface area contributed by atoms with Crippen molar-refractivity contribution in [2.45, 2.75) is 39.8 Å². The molecule has 2 heterocycles. The van der Waals surface area contributed by atoms with Gasteiger partial charge in [-0.25, -0.2) is 4.98 Å². The van der Waals surface area contributed by atoms with Gasteiger partial charge in [-0.1, -0.05) is 24.0 Å². The van der Waals surface area contributed by atoms with Crippen molar-refractivity contribution in [2.75, 3.05) is 23.3 Å². The van der Waals surface area contributed by atoms with Crippen LogP contribution in [0.2, 0.25) is 0 Å². The minimum Gasteiger partial charge on any atom is -0.319 e. The van der Waals surface area contributed by atoms with E-state index < -0.39 is 0 Å². The number of rotatable bonds is 4. The lowest BCUT2D eigenvalue weighted by Crippen LogP contribution is -2.37. The maximum atomic E-state index is 12.6. The number of hydrogen-bond acceptors (Lipinski definition) is 4. The van der Waals surface area contributed by atoms with Gasteiger partial charge in [-0.2, -0.15) is 0 Å². The van der Waals surface area contributed by atoms with Gasteiger partial charge in [0.05, 0.1) is 30.0 Å². The molecule has 1 aliphatic rings. The number of aromatic nitrogens is 1. The van der Waals surface area contributed by atoms with E-state index in [-0.39, 0.29) is 5.91 Å². The van der Waals surface area contributed by atoms with E-state index in [1.54, 1.807) is 6.20 Å². The van der Waals surface area contributed by atoms with Crippen molar-refractivity contribution in [1.82, 2.24) is 9.88 Å². The Kier molecular flexibility index (Phi) is 5.78. The zero-order valence-electron chi connectivity index (χ0n) is 16.4.